The van der Waals surface area contributed by atoms with Crippen molar-refractivity contribution in [3.8, 4) is 0 Å². The maximum absolute atomic E-state index is 12.2. The molecule has 1 unspecified atom stereocenters. The van der Waals surface area contributed by atoms with Gasteiger partial charge in [0.05, 0.1) is 6.61 Å². The van der Waals surface area contributed by atoms with Crippen molar-refractivity contribution < 1.29 is 24.2 Å². The molecule has 0 aromatic rings. The Morgan fingerprint density at radius 2 is 0.811 bits per heavy atom. The third-order valence-corrected chi connectivity index (χ3v) is 9.26. The van der Waals surface area contributed by atoms with E-state index >= 15 is 0 Å². The maximum Gasteiger partial charge on any atom is 0.306 e. The lowest BCUT2D eigenvalue weighted by Gasteiger charge is -2.15. The van der Waals surface area contributed by atoms with Crippen molar-refractivity contribution in [3.63, 3.8) is 0 Å². The second-order valence-electron chi connectivity index (χ2n) is 14.4. The predicted octanol–water partition coefficient (Wildman–Crippen LogP) is 14.1. The number of esters is 2. The highest BCUT2D eigenvalue weighted by Crippen LogP contribution is 2.15. The highest BCUT2D eigenvalue weighted by molar-refractivity contribution is 5.70. The van der Waals surface area contributed by atoms with E-state index in [1.807, 2.05) is 0 Å². The topological polar surface area (TPSA) is 72.8 Å². The molecule has 0 fully saturated rings. The van der Waals surface area contributed by atoms with Crippen LogP contribution in [0.3, 0.4) is 0 Å². The van der Waals surface area contributed by atoms with Gasteiger partial charge in [-0.1, -0.05) is 196 Å². The Bertz CT molecular complexity index is 972. The van der Waals surface area contributed by atoms with Gasteiger partial charge in [-0.05, 0) is 64.2 Å². The van der Waals surface area contributed by atoms with Crippen LogP contribution in [0.25, 0.3) is 0 Å². The smallest absolute Gasteiger partial charge is 0.306 e. The largest absolute Gasteiger partial charge is 0.462 e. The predicted molar refractivity (Wildman–Crippen MR) is 228 cm³/mol. The van der Waals surface area contributed by atoms with Crippen LogP contribution in [0.15, 0.2) is 72.9 Å². The average molecular weight is 739 g/mol. The van der Waals surface area contributed by atoms with E-state index in [0.29, 0.717) is 12.8 Å². The van der Waals surface area contributed by atoms with Crippen LogP contribution in [0, 0.1) is 0 Å². The van der Waals surface area contributed by atoms with E-state index in [2.05, 4.69) is 86.8 Å². The van der Waals surface area contributed by atoms with Gasteiger partial charge in [0.25, 0.3) is 0 Å². The molecule has 0 aliphatic heterocycles. The van der Waals surface area contributed by atoms with E-state index in [1.54, 1.807) is 0 Å². The van der Waals surface area contributed by atoms with Crippen molar-refractivity contribution >= 4 is 11.9 Å². The van der Waals surface area contributed by atoms with Gasteiger partial charge in [-0.2, -0.15) is 0 Å². The summed E-state index contributed by atoms with van der Waals surface area (Å²) in [5.74, 6) is -0.640. The first-order valence-corrected chi connectivity index (χ1v) is 22.0. The first-order chi connectivity index (χ1) is 26.1. The lowest BCUT2D eigenvalue weighted by Crippen LogP contribution is -2.28. The number of aliphatic hydroxyl groups excluding tert-OH is 1. The fourth-order valence-corrected chi connectivity index (χ4v) is 5.97. The third-order valence-electron chi connectivity index (χ3n) is 9.26. The fraction of sp³-hybridized carbons (Fsp3) is 0.708. The van der Waals surface area contributed by atoms with E-state index in [0.717, 1.165) is 77.0 Å². The Morgan fingerprint density at radius 1 is 0.453 bits per heavy atom. The molecule has 0 heterocycles. The zero-order chi connectivity index (χ0) is 38.6. The molecular weight excluding hydrogens is 657 g/mol. The minimum Gasteiger partial charge on any atom is -0.462 e. The van der Waals surface area contributed by atoms with Gasteiger partial charge >= 0.3 is 11.9 Å². The Morgan fingerprint density at radius 3 is 1.23 bits per heavy atom. The van der Waals surface area contributed by atoms with Crippen LogP contribution in [0.2, 0.25) is 0 Å². The number of allylic oxidation sites excluding steroid dienone is 12. The quantitative estimate of drug-likeness (QED) is 0.0386. The first-order valence-electron chi connectivity index (χ1n) is 22.0. The zero-order valence-corrected chi connectivity index (χ0v) is 34.5. The number of hydrogen-bond acceptors (Lipinski definition) is 5. The van der Waals surface area contributed by atoms with Crippen molar-refractivity contribution in [2.45, 2.75) is 206 Å². The summed E-state index contributed by atoms with van der Waals surface area (Å²) >= 11 is 0. The highest BCUT2D eigenvalue weighted by Gasteiger charge is 2.16. The van der Waals surface area contributed by atoms with Crippen molar-refractivity contribution in [2.75, 3.05) is 13.2 Å². The lowest BCUT2D eigenvalue weighted by molar-refractivity contribution is -0.161. The van der Waals surface area contributed by atoms with Gasteiger partial charge in [0.1, 0.15) is 6.61 Å². The molecule has 1 N–H and O–H groups in total. The summed E-state index contributed by atoms with van der Waals surface area (Å²) in [6.07, 6.45) is 58.3. The summed E-state index contributed by atoms with van der Waals surface area (Å²) < 4.78 is 10.6. The summed E-state index contributed by atoms with van der Waals surface area (Å²) in [5, 5.41) is 9.58. The Hall–Kier alpha value is -2.66. The highest BCUT2D eigenvalue weighted by atomic mass is 16.6. The van der Waals surface area contributed by atoms with Gasteiger partial charge in [0.15, 0.2) is 6.10 Å². The maximum atomic E-state index is 12.2. The van der Waals surface area contributed by atoms with Crippen LogP contribution in [0.1, 0.15) is 200 Å². The zero-order valence-electron chi connectivity index (χ0n) is 34.5. The van der Waals surface area contributed by atoms with Crippen molar-refractivity contribution in [1.29, 1.82) is 0 Å². The van der Waals surface area contributed by atoms with Gasteiger partial charge in [-0.15, -0.1) is 0 Å². The third kappa shape index (κ3) is 42.0. The van der Waals surface area contributed by atoms with Crippen LogP contribution in [-0.2, 0) is 19.1 Å². The van der Waals surface area contributed by atoms with Crippen molar-refractivity contribution in [1.82, 2.24) is 0 Å². The molecule has 5 heteroatoms. The molecule has 0 amide bonds. The summed E-state index contributed by atoms with van der Waals surface area (Å²) in [7, 11) is 0. The Kier molecular flexibility index (Phi) is 41.5. The molecular formula is C48H82O5. The number of unbranched alkanes of at least 4 members (excludes halogenated alkanes) is 19. The van der Waals surface area contributed by atoms with Gasteiger partial charge in [0, 0.05) is 12.8 Å². The van der Waals surface area contributed by atoms with Crippen LogP contribution in [0.5, 0.6) is 0 Å². The fourth-order valence-electron chi connectivity index (χ4n) is 5.97. The second kappa shape index (κ2) is 43.7. The molecule has 0 spiro atoms. The molecule has 0 saturated heterocycles. The molecule has 0 aromatic carbocycles. The van der Waals surface area contributed by atoms with Gasteiger partial charge in [0.2, 0.25) is 0 Å². The lowest BCUT2D eigenvalue weighted by atomic mass is 10.0. The van der Waals surface area contributed by atoms with Crippen LogP contribution >= 0.6 is 0 Å². The first kappa shape index (κ1) is 50.3. The monoisotopic (exact) mass is 739 g/mol. The normalized spacial score (nSPS) is 12.9. The molecule has 5 nitrogen and oxygen atoms in total. The molecule has 0 aliphatic rings. The number of carbonyl (C=O) groups is 2. The minimum atomic E-state index is -0.796. The Labute approximate surface area is 327 Å². The van der Waals surface area contributed by atoms with E-state index in [-0.39, 0.29) is 25.2 Å². The molecule has 1 atom stereocenters. The van der Waals surface area contributed by atoms with Crippen molar-refractivity contribution in [2.24, 2.45) is 0 Å². The van der Waals surface area contributed by atoms with Gasteiger partial charge in [-0.3, -0.25) is 9.59 Å². The number of aliphatic hydroxyl groups is 1. The molecule has 53 heavy (non-hydrogen) atoms. The summed E-state index contributed by atoms with van der Waals surface area (Å²) in [4.78, 5) is 24.3. The summed E-state index contributed by atoms with van der Waals surface area (Å²) in [6, 6.07) is 0. The molecule has 0 saturated carbocycles. The standard InChI is InChI=1S/C48H82O5/c1-3-5-7-9-11-13-15-17-19-21-23-24-25-27-29-31-33-35-37-39-41-43-48(51)53-46(44-49)45-52-47(50)42-40-38-36-34-32-30-28-26-22-20-18-16-14-12-10-8-6-4-2/h5,7,11,13,17,19,23-24,27,29,33,35,46,49H,3-4,6,8-10,12,14-16,18,20-22,25-26,28,30-32,34,36-45H2,1-2H3/b7-5-,13-11-,19-17-,24-23-,29-27-,35-33-. The SMILES string of the molecule is CC/C=C\C/C=C\C/C=C\C/C=C\C/C=C\C/C=C\CCCCC(=O)OC(CO)COC(=O)CCCCCCCCCCCCCCCCCCCC. The molecule has 0 aliphatic carbocycles. The minimum absolute atomic E-state index is 0.0847. The molecule has 0 aromatic heterocycles. The van der Waals surface area contributed by atoms with Gasteiger partial charge in [-0.25, -0.2) is 0 Å². The van der Waals surface area contributed by atoms with E-state index in [9.17, 15) is 14.7 Å². The van der Waals surface area contributed by atoms with Crippen molar-refractivity contribution in [3.05, 3.63) is 72.9 Å². The van der Waals surface area contributed by atoms with E-state index in [1.165, 1.54) is 96.3 Å². The number of hydrogen-bond donors (Lipinski definition) is 1. The Balaban J connectivity index is 3.63. The van der Waals surface area contributed by atoms with Crippen LogP contribution in [0.4, 0.5) is 0 Å². The summed E-state index contributed by atoms with van der Waals surface area (Å²) in [5.41, 5.74) is 0. The summed E-state index contributed by atoms with van der Waals surface area (Å²) in [6.45, 7) is 4.00. The number of rotatable bonds is 39. The van der Waals surface area contributed by atoms with Crippen LogP contribution < -0.4 is 0 Å². The number of ether oxygens (including phenoxy) is 2. The molecule has 0 rings (SSSR count). The molecule has 304 valence electrons. The second-order valence-corrected chi connectivity index (χ2v) is 14.4. The van der Waals surface area contributed by atoms with Gasteiger partial charge < -0.3 is 14.6 Å². The van der Waals surface area contributed by atoms with E-state index in [4.69, 9.17) is 9.47 Å². The average Bonchev–Trinajstić information content (AvgIpc) is 3.16. The van der Waals surface area contributed by atoms with Crippen LogP contribution in [-0.4, -0.2) is 36.4 Å². The molecule has 0 radical (unpaired) electrons. The number of carbonyl (C=O) groups excluding carboxylic acids is 2. The molecule has 0 bridgehead atoms. The van der Waals surface area contributed by atoms with E-state index < -0.39 is 6.10 Å².